The highest BCUT2D eigenvalue weighted by Gasteiger charge is 2.34. The van der Waals surface area contributed by atoms with E-state index in [0.717, 1.165) is 11.3 Å². The number of carbonyl (C=O) groups is 2. The Balaban J connectivity index is 1.50. The number of anilines is 1. The fourth-order valence-electron chi connectivity index (χ4n) is 3.55. The first kappa shape index (κ1) is 23.5. The van der Waals surface area contributed by atoms with E-state index in [2.05, 4.69) is 25.4 Å². The molecule has 176 valence electrons. The summed E-state index contributed by atoms with van der Waals surface area (Å²) in [6.07, 6.45) is 0.299. The van der Waals surface area contributed by atoms with E-state index in [0.29, 0.717) is 35.3 Å². The average molecular weight is 516 g/mol. The van der Waals surface area contributed by atoms with Crippen molar-refractivity contribution in [1.82, 2.24) is 30.0 Å². The van der Waals surface area contributed by atoms with E-state index >= 15 is 4.39 Å². The molecule has 2 N–H and O–H groups in total. The number of hydrogen-bond donors (Lipinski definition) is 2. The summed E-state index contributed by atoms with van der Waals surface area (Å²) >= 11 is 13.2. The number of methoxy groups -OCH3 is 1. The minimum Gasteiger partial charge on any atom is -0.465 e. The maximum Gasteiger partial charge on any atom is 0.350 e. The molecule has 3 aromatic rings. The molecular formula is C19H20Cl2FN7O3S. The molecule has 0 unspecified atom stereocenters. The van der Waals surface area contributed by atoms with E-state index in [9.17, 15) is 9.59 Å². The van der Waals surface area contributed by atoms with E-state index in [1.165, 1.54) is 18.1 Å². The summed E-state index contributed by atoms with van der Waals surface area (Å²) in [6.45, 7) is 2.08. The molecule has 1 amide bonds. The Morgan fingerprint density at radius 3 is 2.70 bits per heavy atom. The quantitative estimate of drug-likeness (QED) is 0.501. The number of H-pyrrole nitrogens is 1. The van der Waals surface area contributed by atoms with Crippen LogP contribution in [0.25, 0.3) is 11.5 Å². The Morgan fingerprint density at radius 2 is 2.12 bits per heavy atom. The Bertz CT molecular complexity index is 1210. The lowest BCUT2D eigenvalue weighted by molar-refractivity contribution is 0.0606. The number of piperidine rings is 1. The van der Waals surface area contributed by atoms with Crippen molar-refractivity contribution in [2.45, 2.75) is 25.6 Å². The number of aryl methyl sites for hydroxylation is 2. The van der Waals surface area contributed by atoms with Gasteiger partial charge in [0.25, 0.3) is 5.91 Å². The van der Waals surface area contributed by atoms with Crippen molar-refractivity contribution in [3.8, 4) is 11.5 Å². The number of nitrogens with one attached hydrogen (secondary N) is 2. The highest BCUT2D eigenvalue weighted by Crippen LogP contribution is 2.34. The van der Waals surface area contributed by atoms with Crippen molar-refractivity contribution in [3.63, 3.8) is 0 Å². The molecule has 2 atom stereocenters. The zero-order valence-corrected chi connectivity index (χ0v) is 20.2. The molecule has 0 spiro atoms. The molecule has 0 saturated carbocycles. The molecule has 1 fully saturated rings. The van der Waals surface area contributed by atoms with Crippen LogP contribution in [0.4, 0.5) is 9.52 Å². The summed E-state index contributed by atoms with van der Waals surface area (Å²) in [4.78, 5) is 38.3. The van der Waals surface area contributed by atoms with Crippen molar-refractivity contribution in [1.29, 1.82) is 0 Å². The average Bonchev–Trinajstić information content (AvgIpc) is 3.48. The molecule has 1 aliphatic heterocycles. The Labute approximate surface area is 202 Å². The zero-order chi connectivity index (χ0) is 23.9. The molecule has 0 bridgehead atoms. The third-order valence-corrected chi connectivity index (χ3v) is 7.36. The van der Waals surface area contributed by atoms with Gasteiger partial charge in [-0.25, -0.2) is 23.8 Å². The number of halogens is 3. The van der Waals surface area contributed by atoms with Gasteiger partial charge in [-0.15, -0.1) is 0 Å². The van der Waals surface area contributed by atoms with Crippen LogP contribution in [0.2, 0.25) is 10.0 Å². The number of nitrogens with zero attached hydrogens (tertiary/aromatic N) is 5. The number of hydrogen-bond acceptors (Lipinski definition) is 8. The highest BCUT2D eigenvalue weighted by atomic mass is 35.5. The van der Waals surface area contributed by atoms with E-state index in [-0.39, 0.29) is 27.2 Å². The SMILES string of the molecule is COC(=O)c1sc(N2CC[C@@H](NC(=O)c3[nH]c(C)c(Cl)c3Cl)[C@@H](F)C2)nc1-c1ncnn1C. The second kappa shape index (κ2) is 9.27. The van der Waals surface area contributed by atoms with Crippen LogP contribution >= 0.6 is 34.5 Å². The number of amides is 1. The molecule has 3 aromatic heterocycles. The molecule has 4 heterocycles. The molecule has 14 heteroatoms. The number of alkyl halides is 1. The molecular weight excluding hydrogens is 496 g/mol. The van der Waals surface area contributed by atoms with Crippen molar-refractivity contribution in [2.75, 3.05) is 25.1 Å². The Morgan fingerprint density at radius 1 is 1.36 bits per heavy atom. The van der Waals surface area contributed by atoms with Gasteiger partial charge in [-0.2, -0.15) is 5.10 Å². The summed E-state index contributed by atoms with van der Waals surface area (Å²) in [6, 6.07) is -0.717. The highest BCUT2D eigenvalue weighted by molar-refractivity contribution is 7.17. The van der Waals surface area contributed by atoms with Gasteiger partial charge in [-0.3, -0.25) is 4.79 Å². The number of esters is 1. The minimum absolute atomic E-state index is 0.0183. The zero-order valence-electron chi connectivity index (χ0n) is 17.9. The molecule has 0 aromatic carbocycles. The number of aromatic nitrogens is 5. The number of rotatable bonds is 5. The van der Waals surface area contributed by atoms with Gasteiger partial charge in [0.15, 0.2) is 11.0 Å². The monoisotopic (exact) mass is 515 g/mol. The summed E-state index contributed by atoms with van der Waals surface area (Å²) < 4.78 is 21.4. The van der Waals surface area contributed by atoms with Crippen LogP contribution in [0.5, 0.6) is 0 Å². The van der Waals surface area contributed by atoms with Crippen molar-refractivity contribution in [3.05, 3.63) is 32.6 Å². The first-order chi connectivity index (χ1) is 15.7. The second-order valence-electron chi connectivity index (χ2n) is 7.46. The molecule has 4 rings (SSSR count). The standard InChI is InChI=1S/C19H20Cl2FN7O3S/c1-8-11(20)12(21)13(25-8)17(30)26-10-4-5-29(6-9(10)22)19-27-14(15(33-19)18(31)32-3)16-23-7-24-28(16)2/h7,9-10,25H,4-6H2,1-3H3,(H,26,30)/t9-,10+/m0/s1. The van der Waals surface area contributed by atoms with Crippen LogP contribution in [0.15, 0.2) is 6.33 Å². The maximum atomic E-state index is 15.0. The van der Waals surface area contributed by atoms with Crippen LogP contribution in [-0.2, 0) is 11.8 Å². The van der Waals surface area contributed by atoms with Crippen molar-refractivity contribution in [2.24, 2.45) is 7.05 Å². The summed E-state index contributed by atoms with van der Waals surface area (Å²) in [5.41, 5.74) is 0.980. The summed E-state index contributed by atoms with van der Waals surface area (Å²) in [5, 5.41) is 7.52. The smallest absolute Gasteiger partial charge is 0.350 e. The van der Waals surface area contributed by atoms with Crippen LogP contribution in [-0.4, -0.2) is 69.0 Å². The van der Waals surface area contributed by atoms with Gasteiger partial charge in [0.1, 0.15) is 28.8 Å². The summed E-state index contributed by atoms with van der Waals surface area (Å²) in [7, 11) is 2.96. The fraction of sp³-hybridized carbons (Fsp3) is 0.421. The first-order valence-corrected chi connectivity index (χ1v) is 11.5. The number of thiazole rings is 1. The lowest BCUT2D eigenvalue weighted by Crippen LogP contribution is -2.52. The first-order valence-electron chi connectivity index (χ1n) is 9.88. The molecule has 0 radical (unpaired) electrons. The van der Waals surface area contributed by atoms with Crippen LogP contribution in [0.3, 0.4) is 0 Å². The van der Waals surface area contributed by atoms with E-state index < -0.39 is 24.1 Å². The summed E-state index contributed by atoms with van der Waals surface area (Å²) in [5.74, 6) is -0.691. The topological polar surface area (TPSA) is 118 Å². The number of carbonyl (C=O) groups excluding carboxylic acids is 2. The minimum atomic E-state index is -1.38. The molecule has 0 aliphatic carbocycles. The van der Waals surface area contributed by atoms with Gasteiger partial charge in [0, 0.05) is 19.3 Å². The van der Waals surface area contributed by atoms with E-state index in [4.69, 9.17) is 27.9 Å². The lowest BCUT2D eigenvalue weighted by atomic mass is 10.0. The fourth-order valence-corrected chi connectivity index (χ4v) is 4.98. The van der Waals surface area contributed by atoms with Crippen molar-refractivity contribution >= 4 is 51.5 Å². The predicted octanol–water partition coefficient (Wildman–Crippen LogP) is 3.02. The third-order valence-electron chi connectivity index (χ3n) is 5.32. The van der Waals surface area contributed by atoms with Gasteiger partial charge in [0.05, 0.1) is 29.7 Å². The molecule has 1 saturated heterocycles. The Kier molecular flexibility index (Phi) is 6.59. The van der Waals surface area contributed by atoms with Gasteiger partial charge < -0.3 is 19.9 Å². The van der Waals surface area contributed by atoms with Gasteiger partial charge in [0.2, 0.25) is 0 Å². The lowest BCUT2D eigenvalue weighted by Gasteiger charge is -2.34. The van der Waals surface area contributed by atoms with Crippen LogP contribution in [0, 0.1) is 6.92 Å². The number of aromatic amines is 1. The van der Waals surface area contributed by atoms with Crippen LogP contribution < -0.4 is 10.2 Å². The van der Waals surface area contributed by atoms with E-state index in [1.54, 1.807) is 18.9 Å². The maximum absolute atomic E-state index is 15.0. The Hall–Kier alpha value is -2.70. The van der Waals surface area contributed by atoms with Gasteiger partial charge >= 0.3 is 5.97 Å². The largest absolute Gasteiger partial charge is 0.465 e. The predicted molar refractivity (Wildman–Crippen MR) is 122 cm³/mol. The molecule has 33 heavy (non-hydrogen) atoms. The number of ether oxygens (including phenoxy) is 1. The van der Waals surface area contributed by atoms with Crippen molar-refractivity contribution < 1.29 is 18.7 Å². The third kappa shape index (κ3) is 4.42. The van der Waals surface area contributed by atoms with Gasteiger partial charge in [-0.05, 0) is 13.3 Å². The van der Waals surface area contributed by atoms with Crippen LogP contribution in [0.1, 0.15) is 32.3 Å². The molecule has 10 nitrogen and oxygen atoms in total. The second-order valence-corrected chi connectivity index (χ2v) is 9.19. The molecule has 1 aliphatic rings. The van der Waals surface area contributed by atoms with E-state index in [1.807, 2.05) is 0 Å². The van der Waals surface area contributed by atoms with Gasteiger partial charge in [-0.1, -0.05) is 34.5 Å². The normalized spacial score (nSPS) is 18.4.